The molecule has 0 aliphatic heterocycles. The fourth-order valence-electron chi connectivity index (χ4n) is 3.84. The number of sulfone groups is 1. The van der Waals surface area contributed by atoms with Crippen LogP contribution in [0.25, 0.3) is 11.1 Å². The number of amidine groups is 1. The summed E-state index contributed by atoms with van der Waals surface area (Å²) in [6, 6.07) is 27.3. The minimum atomic E-state index is -3.41. The molecule has 0 atom stereocenters. The summed E-state index contributed by atoms with van der Waals surface area (Å²) in [5.74, 6) is -0.0861. The van der Waals surface area contributed by atoms with Crippen molar-refractivity contribution in [3.8, 4) is 11.1 Å². The summed E-state index contributed by atoms with van der Waals surface area (Å²) in [5.41, 5.74) is 12.4. The molecule has 0 spiro atoms. The van der Waals surface area contributed by atoms with Crippen molar-refractivity contribution in [2.75, 3.05) is 17.0 Å². The maximum Gasteiger partial charge on any atom is 0.340 e. The van der Waals surface area contributed by atoms with E-state index in [0.717, 1.165) is 5.56 Å². The number of hydrazine groups is 1. The molecule has 4 rings (SSSR count). The summed E-state index contributed by atoms with van der Waals surface area (Å²) in [5, 5.41) is 12.5. The van der Waals surface area contributed by atoms with Gasteiger partial charge in [0.15, 0.2) is 9.84 Å². The van der Waals surface area contributed by atoms with Gasteiger partial charge < -0.3 is 11.1 Å². The third-order valence-electron chi connectivity index (χ3n) is 5.65. The Morgan fingerprint density at radius 3 is 2.32 bits per heavy atom. The van der Waals surface area contributed by atoms with Gasteiger partial charge in [-0.1, -0.05) is 66.2 Å². The predicted octanol–water partition coefficient (Wildman–Crippen LogP) is 5.76. The van der Waals surface area contributed by atoms with E-state index in [2.05, 4.69) is 10.7 Å². The number of urea groups is 1. The normalized spacial score (nSPS) is 11.0. The smallest absolute Gasteiger partial charge is 0.340 e. The Bertz CT molecular complexity index is 1590. The number of carbonyl (C=O) groups excluding carboxylic acids is 1. The molecule has 0 fully saturated rings. The molecule has 0 aliphatic rings. The number of carbonyl (C=O) groups is 1. The maximum atomic E-state index is 13.3. The number of nitrogens with zero attached hydrogens (tertiary/aromatic N) is 1. The van der Waals surface area contributed by atoms with E-state index in [-0.39, 0.29) is 17.3 Å². The average molecular weight is 548 g/mol. The van der Waals surface area contributed by atoms with Gasteiger partial charge in [-0.15, -0.1) is 0 Å². The Hall–Kier alpha value is -4.34. The molecule has 0 saturated heterocycles. The fraction of sp³-hybridized carbons (Fsp3) is 0.0714. The Morgan fingerprint density at radius 2 is 1.63 bits per heavy atom. The molecule has 4 aromatic rings. The zero-order chi connectivity index (χ0) is 27.3. The molecule has 0 saturated carbocycles. The van der Waals surface area contributed by atoms with E-state index in [1.165, 1.54) is 11.3 Å². The van der Waals surface area contributed by atoms with Crippen molar-refractivity contribution < 1.29 is 13.2 Å². The van der Waals surface area contributed by atoms with Crippen molar-refractivity contribution in [2.45, 2.75) is 11.4 Å². The standard InChI is InChI=1S/C28H26ClN5O3S/c1-38(36,37)26-11-3-2-10-25(26)20-12-14-23(15-13-20)32-28(35)34(18-19-6-4-8-22(29)16-19)33-24-9-5-7-21(17-24)27(30)31/h2-17,33H,18H2,1H3,(H3,30,31)(H,32,35). The summed E-state index contributed by atoms with van der Waals surface area (Å²) in [6.07, 6.45) is 1.17. The molecule has 8 nitrogen and oxygen atoms in total. The van der Waals surface area contributed by atoms with Gasteiger partial charge >= 0.3 is 6.03 Å². The molecule has 38 heavy (non-hydrogen) atoms. The average Bonchev–Trinajstić information content (AvgIpc) is 2.88. The Kier molecular flexibility index (Phi) is 7.99. The van der Waals surface area contributed by atoms with E-state index in [1.54, 1.807) is 91.0 Å². The summed E-state index contributed by atoms with van der Waals surface area (Å²) < 4.78 is 24.4. The van der Waals surface area contributed by atoms with Crippen molar-refractivity contribution in [1.82, 2.24) is 5.01 Å². The van der Waals surface area contributed by atoms with Crippen LogP contribution >= 0.6 is 11.6 Å². The number of hydrogen-bond acceptors (Lipinski definition) is 5. The first kappa shape index (κ1) is 26.7. The lowest BCUT2D eigenvalue weighted by Crippen LogP contribution is -2.39. The molecule has 0 heterocycles. The molecular weight excluding hydrogens is 522 g/mol. The number of nitrogens with one attached hydrogen (secondary N) is 3. The van der Waals surface area contributed by atoms with Crippen molar-refractivity contribution in [3.63, 3.8) is 0 Å². The van der Waals surface area contributed by atoms with Crippen molar-refractivity contribution in [1.29, 1.82) is 5.41 Å². The molecule has 5 N–H and O–H groups in total. The van der Waals surface area contributed by atoms with Gasteiger partial charge in [0.1, 0.15) is 5.84 Å². The van der Waals surface area contributed by atoms with Gasteiger partial charge in [0.05, 0.1) is 17.1 Å². The van der Waals surface area contributed by atoms with E-state index in [1.807, 2.05) is 6.07 Å². The van der Waals surface area contributed by atoms with E-state index in [0.29, 0.717) is 33.1 Å². The van der Waals surface area contributed by atoms with Gasteiger partial charge in [0.2, 0.25) is 0 Å². The highest BCUT2D eigenvalue weighted by Crippen LogP contribution is 2.28. The molecule has 0 unspecified atom stereocenters. The molecule has 4 aromatic carbocycles. The lowest BCUT2D eigenvalue weighted by Gasteiger charge is -2.25. The molecule has 0 bridgehead atoms. The fourth-order valence-corrected chi connectivity index (χ4v) is 4.97. The summed E-state index contributed by atoms with van der Waals surface area (Å²) in [6.45, 7) is 0.191. The second-order valence-electron chi connectivity index (χ2n) is 8.60. The number of anilines is 2. The number of rotatable bonds is 8. The van der Waals surface area contributed by atoms with Crippen LogP contribution in [0.5, 0.6) is 0 Å². The molecule has 2 amide bonds. The van der Waals surface area contributed by atoms with Crippen LogP contribution in [-0.4, -0.2) is 31.5 Å². The van der Waals surface area contributed by atoms with Crippen LogP contribution in [-0.2, 0) is 16.4 Å². The highest BCUT2D eigenvalue weighted by molar-refractivity contribution is 7.90. The first-order chi connectivity index (χ1) is 18.1. The monoisotopic (exact) mass is 547 g/mol. The van der Waals surface area contributed by atoms with E-state index in [4.69, 9.17) is 22.7 Å². The third-order valence-corrected chi connectivity index (χ3v) is 7.04. The van der Waals surface area contributed by atoms with Crippen LogP contribution in [0.4, 0.5) is 16.2 Å². The van der Waals surface area contributed by atoms with Crippen LogP contribution in [0.2, 0.25) is 5.02 Å². The van der Waals surface area contributed by atoms with Crippen LogP contribution in [0.15, 0.2) is 102 Å². The van der Waals surface area contributed by atoms with Gasteiger partial charge in [-0.2, -0.15) is 0 Å². The Morgan fingerprint density at radius 1 is 0.921 bits per heavy atom. The number of halogens is 1. The van der Waals surface area contributed by atoms with E-state index in [9.17, 15) is 13.2 Å². The SMILES string of the molecule is CS(=O)(=O)c1ccccc1-c1ccc(NC(=O)N(Cc2cccc(Cl)c2)Nc2cccc(C(=N)N)c2)cc1. The number of amides is 2. The van der Waals surface area contributed by atoms with Gasteiger partial charge in [0, 0.05) is 28.1 Å². The van der Waals surface area contributed by atoms with Gasteiger partial charge in [0.25, 0.3) is 0 Å². The zero-order valence-corrected chi connectivity index (χ0v) is 22.1. The molecule has 0 aliphatic carbocycles. The first-order valence-electron chi connectivity index (χ1n) is 11.5. The minimum absolute atomic E-state index is 0.0861. The van der Waals surface area contributed by atoms with Gasteiger partial charge in [-0.05, 0) is 53.6 Å². The highest BCUT2D eigenvalue weighted by atomic mass is 35.5. The molecular formula is C28H26ClN5O3S. The van der Waals surface area contributed by atoms with E-state index >= 15 is 0 Å². The number of hydrogen-bond donors (Lipinski definition) is 4. The van der Waals surface area contributed by atoms with Crippen molar-refractivity contribution in [3.05, 3.63) is 113 Å². The Balaban J connectivity index is 1.57. The minimum Gasteiger partial charge on any atom is -0.384 e. The summed E-state index contributed by atoms with van der Waals surface area (Å²) in [4.78, 5) is 13.6. The maximum absolute atomic E-state index is 13.3. The predicted molar refractivity (Wildman–Crippen MR) is 152 cm³/mol. The third kappa shape index (κ3) is 6.70. The molecule has 0 aromatic heterocycles. The van der Waals surface area contributed by atoms with Crippen molar-refractivity contribution >= 4 is 44.7 Å². The van der Waals surface area contributed by atoms with Gasteiger partial charge in [-0.3, -0.25) is 10.8 Å². The second-order valence-corrected chi connectivity index (χ2v) is 11.0. The first-order valence-corrected chi connectivity index (χ1v) is 13.8. The second kappa shape index (κ2) is 11.4. The number of benzene rings is 4. The Labute approximate surface area is 226 Å². The summed E-state index contributed by atoms with van der Waals surface area (Å²) >= 11 is 6.14. The van der Waals surface area contributed by atoms with Crippen LogP contribution in [0.1, 0.15) is 11.1 Å². The van der Waals surface area contributed by atoms with Crippen molar-refractivity contribution in [2.24, 2.45) is 5.73 Å². The van der Waals surface area contributed by atoms with Crippen LogP contribution in [0, 0.1) is 5.41 Å². The topological polar surface area (TPSA) is 128 Å². The van der Waals surface area contributed by atoms with E-state index < -0.39 is 15.9 Å². The lowest BCUT2D eigenvalue weighted by atomic mass is 10.1. The molecule has 194 valence electrons. The molecule has 0 radical (unpaired) electrons. The molecule has 10 heteroatoms. The number of nitrogen functional groups attached to an aromatic ring is 1. The highest BCUT2D eigenvalue weighted by Gasteiger charge is 2.17. The largest absolute Gasteiger partial charge is 0.384 e. The lowest BCUT2D eigenvalue weighted by molar-refractivity contribution is 0.220. The zero-order valence-electron chi connectivity index (χ0n) is 20.5. The van der Waals surface area contributed by atoms with Crippen LogP contribution < -0.4 is 16.5 Å². The summed E-state index contributed by atoms with van der Waals surface area (Å²) in [7, 11) is -3.41. The van der Waals surface area contributed by atoms with Crippen LogP contribution in [0.3, 0.4) is 0 Å². The number of nitrogens with two attached hydrogens (primary N) is 1. The van der Waals surface area contributed by atoms with Gasteiger partial charge in [-0.25, -0.2) is 18.2 Å². The quantitative estimate of drug-likeness (QED) is 0.127.